The molecule has 29 heavy (non-hydrogen) atoms. The average Bonchev–Trinajstić information content (AvgIpc) is 3.13. The molecule has 4 nitrogen and oxygen atoms in total. The van der Waals surface area contributed by atoms with E-state index in [9.17, 15) is 4.79 Å². The van der Waals surface area contributed by atoms with Gasteiger partial charge in [-0.2, -0.15) is 0 Å². The Kier molecular flexibility index (Phi) is 4.06. The highest BCUT2D eigenvalue weighted by atomic mass is 16.5. The molecule has 142 valence electrons. The molecule has 5 rings (SSSR count). The van der Waals surface area contributed by atoms with Crippen molar-refractivity contribution in [1.82, 2.24) is 4.98 Å². The molecule has 4 heteroatoms. The van der Waals surface area contributed by atoms with Gasteiger partial charge in [0.25, 0.3) is 0 Å². The molecule has 3 aromatic carbocycles. The lowest BCUT2D eigenvalue weighted by Gasteiger charge is -2.11. The van der Waals surface area contributed by atoms with Crippen LogP contribution in [0.25, 0.3) is 32.6 Å². The Hall–Kier alpha value is -3.66. The maximum Gasteiger partial charge on any atom is 0.341 e. The van der Waals surface area contributed by atoms with Gasteiger partial charge in [0.05, 0.1) is 16.5 Å². The molecule has 0 saturated heterocycles. The second kappa shape index (κ2) is 6.74. The van der Waals surface area contributed by atoms with Crippen LogP contribution < -0.4 is 4.57 Å². The van der Waals surface area contributed by atoms with Crippen LogP contribution in [-0.4, -0.2) is 11.0 Å². The highest BCUT2D eigenvalue weighted by Crippen LogP contribution is 2.36. The minimum Gasteiger partial charge on any atom is -0.457 e. The number of fused-ring (bicyclic) bond motifs is 4. The summed E-state index contributed by atoms with van der Waals surface area (Å²) in [5, 5.41) is 4.15. The molecule has 0 atom stereocenters. The van der Waals surface area contributed by atoms with Crippen molar-refractivity contribution in [2.75, 3.05) is 0 Å². The monoisotopic (exact) mass is 381 g/mol. The van der Waals surface area contributed by atoms with Crippen LogP contribution in [0, 0.1) is 6.92 Å². The molecule has 0 radical (unpaired) electrons. The predicted molar refractivity (Wildman–Crippen MR) is 115 cm³/mol. The maximum atomic E-state index is 13.3. The van der Waals surface area contributed by atoms with Crippen molar-refractivity contribution < 1.29 is 14.1 Å². The fourth-order valence-electron chi connectivity index (χ4n) is 4.11. The van der Waals surface area contributed by atoms with E-state index in [0.29, 0.717) is 5.56 Å². The number of para-hydroxylation sites is 1. The van der Waals surface area contributed by atoms with Gasteiger partial charge in [0.1, 0.15) is 13.7 Å². The molecular formula is C25H21N2O2+. The Morgan fingerprint density at radius 3 is 2.55 bits per heavy atom. The van der Waals surface area contributed by atoms with Gasteiger partial charge in [-0.3, -0.25) is 0 Å². The number of hydrogen-bond donors (Lipinski definition) is 1. The summed E-state index contributed by atoms with van der Waals surface area (Å²) in [5.74, 6) is -0.315. The number of nitrogens with zero attached hydrogens (tertiary/aromatic N) is 1. The first-order chi connectivity index (χ1) is 14.1. The quantitative estimate of drug-likeness (QED) is 0.354. The van der Waals surface area contributed by atoms with Crippen LogP contribution in [-0.2, 0) is 18.4 Å². The molecule has 0 aliphatic carbocycles. The molecule has 5 aromatic rings. The van der Waals surface area contributed by atoms with Gasteiger partial charge >= 0.3 is 5.97 Å². The molecule has 2 aromatic heterocycles. The van der Waals surface area contributed by atoms with Gasteiger partial charge in [0, 0.05) is 27.7 Å². The van der Waals surface area contributed by atoms with Crippen molar-refractivity contribution in [2.45, 2.75) is 13.5 Å². The number of pyridine rings is 1. The third kappa shape index (κ3) is 2.85. The van der Waals surface area contributed by atoms with E-state index < -0.39 is 0 Å². The highest BCUT2D eigenvalue weighted by molar-refractivity contribution is 6.23. The van der Waals surface area contributed by atoms with Gasteiger partial charge in [0.15, 0.2) is 12.4 Å². The Morgan fingerprint density at radius 2 is 1.72 bits per heavy atom. The number of aromatic nitrogens is 2. The molecule has 0 bridgehead atoms. The highest BCUT2D eigenvalue weighted by Gasteiger charge is 2.23. The smallest absolute Gasteiger partial charge is 0.341 e. The number of rotatable bonds is 3. The summed E-state index contributed by atoms with van der Waals surface area (Å²) in [7, 11) is 1.99. The average molecular weight is 381 g/mol. The molecule has 0 aliphatic rings. The summed E-state index contributed by atoms with van der Waals surface area (Å²) in [6, 6.07) is 19.9. The van der Waals surface area contributed by atoms with Crippen molar-refractivity contribution in [3.05, 3.63) is 89.7 Å². The number of hydrogen-bond acceptors (Lipinski definition) is 2. The summed E-state index contributed by atoms with van der Waals surface area (Å²) >= 11 is 0. The molecular weight excluding hydrogens is 360 g/mol. The first-order valence-corrected chi connectivity index (χ1v) is 9.66. The lowest BCUT2D eigenvalue weighted by Crippen LogP contribution is -2.26. The zero-order chi connectivity index (χ0) is 20.0. The number of ether oxygens (including phenoxy) is 1. The molecule has 0 fully saturated rings. The third-order valence-corrected chi connectivity index (χ3v) is 5.52. The molecule has 0 saturated carbocycles. The predicted octanol–water partition coefficient (Wildman–Crippen LogP) is 4.96. The van der Waals surface area contributed by atoms with Gasteiger partial charge in [-0.05, 0) is 24.1 Å². The standard InChI is InChI=1S/C25H20N2O2/c1-16-20-14-27(2)13-12-18(20)23(25(28)29-15-17-8-4-3-5-9-17)24-22(16)19-10-6-7-11-21(19)26-24/h3-14H,15H2,1-2H3/p+1. The number of benzene rings is 3. The van der Waals surface area contributed by atoms with Gasteiger partial charge in [-0.15, -0.1) is 0 Å². The van der Waals surface area contributed by atoms with Gasteiger partial charge in [0.2, 0.25) is 0 Å². The van der Waals surface area contributed by atoms with E-state index in [1.165, 1.54) is 0 Å². The van der Waals surface area contributed by atoms with Crippen molar-refractivity contribution in [1.29, 1.82) is 0 Å². The number of carbonyl (C=O) groups excluding carboxylic acids is 1. The Morgan fingerprint density at radius 1 is 0.966 bits per heavy atom. The van der Waals surface area contributed by atoms with Crippen molar-refractivity contribution in [2.24, 2.45) is 7.05 Å². The third-order valence-electron chi connectivity index (χ3n) is 5.52. The lowest BCUT2D eigenvalue weighted by atomic mass is 9.96. The number of nitrogens with one attached hydrogen (secondary N) is 1. The van der Waals surface area contributed by atoms with Crippen molar-refractivity contribution >= 4 is 38.5 Å². The minimum atomic E-state index is -0.315. The van der Waals surface area contributed by atoms with E-state index in [1.54, 1.807) is 0 Å². The zero-order valence-corrected chi connectivity index (χ0v) is 16.4. The van der Waals surface area contributed by atoms with Gasteiger partial charge in [-0.25, -0.2) is 9.36 Å². The molecule has 0 amide bonds. The summed E-state index contributed by atoms with van der Waals surface area (Å²) < 4.78 is 7.74. The summed E-state index contributed by atoms with van der Waals surface area (Å²) in [5.41, 5.74) is 4.57. The first-order valence-electron chi connectivity index (χ1n) is 9.66. The number of aryl methyl sites for hydroxylation is 2. The van der Waals surface area contributed by atoms with Crippen LogP contribution >= 0.6 is 0 Å². The van der Waals surface area contributed by atoms with Gasteiger partial charge < -0.3 is 9.72 Å². The summed E-state index contributed by atoms with van der Waals surface area (Å²) in [6.45, 7) is 2.36. The van der Waals surface area contributed by atoms with Crippen LogP contribution in [0.3, 0.4) is 0 Å². The lowest BCUT2D eigenvalue weighted by molar-refractivity contribution is -0.670. The van der Waals surface area contributed by atoms with E-state index in [2.05, 4.69) is 24.2 Å². The van der Waals surface area contributed by atoms with E-state index in [4.69, 9.17) is 4.74 Å². The van der Waals surface area contributed by atoms with Crippen LogP contribution in [0.1, 0.15) is 21.5 Å². The fraction of sp³-hybridized carbons (Fsp3) is 0.120. The Bertz CT molecular complexity index is 1380. The second-order valence-electron chi connectivity index (χ2n) is 7.42. The molecule has 0 spiro atoms. The van der Waals surface area contributed by atoms with E-state index >= 15 is 0 Å². The minimum absolute atomic E-state index is 0.247. The maximum absolute atomic E-state index is 13.3. The summed E-state index contributed by atoms with van der Waals surface area (Å²) in [4.78, 5) is 16.7. The van der Waals surface area contributed by atoms with Crippen LogP contribution in [0.2, 0.25) is 0 Å². The van der Waals surface area contributed by atoms with Gasteiger partial charge in [-0.1, -0.05) is 48.5 Å². The fourth-order valence-corrected chi connectivity index (χ4v) is 4.11. The summed E-state index contributed by atoms with van der Waals surface area (Å²) in [6.07, 6.45) is 4.03. The molecule has 0 aliphatic heterocycles. The van der Waals surface area contributed by atoms with Crippen LogP contribution in [0.4, 0.5) is 0 Å². The van der Waals surface area contributed by atoms with Crippen molar-refractivity contribution in [3.8, 4) is 0 Å². The van der Waals surface area contributed by atoms with Crippen molar-refractivity contribution in [3.63, 3.8) is 0 Å². The number of carbonyl (C=O) groups is 1. The Labute approximate surface area is 168 Å². The molecule has 0 unspecified atom stereocenters. The SMILES string of the molecule is Cc1c2c[n+](C)ccc2c(C(=O)OCc2ccccc2)c2[nH]c3ccccc3c12. The zero-order valence-electron chi connectivity index (χ0n) is 16.4. The number of aromatic amines is 1. The van der Waals surface area contributed by atoms with E-state index in [1.807, 2.05) is 72.4 Å². The molecule has 1 N–H and O–H groups in total. The molecule has 2 heterocycles. The normalized spacial score (nSPS) is 11.4. The van der Waals surface area contributed by atoms with Crippen LogP contribution in [0.5, 0.6) is 0 Å². The topological polar surface area (TPSA) is 46.0 Å². The Balaban J connectivity index is 1.75. The second-order valence-corrected chi connectivity index (χ2v) is 7.42. The largest absolute Gasteiger partial charge is 0.457 e. The number of H-pyrrole nitrogens is 1. The van der Waals surface area contributed by atoms with E-state index in [-0.39, 0.29) is 12.6 Å². The van der Waals surface area contributed by atoms with Crippen LogP contribution in [0.15, 0.2) is 73.1 Å². The first kappa shape index (κ1) is 17.4. The number of esters is 1. The van der Waals surface area contributed by atoms with E-state index in [0.717, 1.165) is 43.7 Å².